The fourth-order valence-corrected chi connectivity index (χ4v) is 1.95. The maximum atomic E-state index is 11.1. The molecule has 1 aromatic carbocycles. The normalized spacial score (nSPS) is 11.2. The number of methoxy groups -OCH3 is 1. The highest BCUT2D eigenvalue weighted by Gasteiger charge is 2.09. The first-order chi connectivity index (χ1) is 6.85. The summed E-state index contributed by atoms with van der Waals surface area (Å²) in [7, 11) is -1.64. The first kappa shape index (κ1) is 11.8. The van der Waals surface area contributed by atoms with E-state index in [-0.39, 0.29) is 0 Å². The molecule has 0 aliphatic heterocycles. The van der Waals surface area contributed by atoms with Crippen LogP contribution in [-0.2, 0) is 10.0 Å². The molecule has 0 bridgehead atoms. The Hall–Kier alpha value is -1.23. The maximum absolute atomic E-state index is 11.1. The number of rotatable bonds is 3. The molecular formula is C10H15NO3S. The smallest absolute Gasteiger partial charge is 0.229 e. The van der Waals surface area contributed by atoms with Gasteiger partial charge in [-0.25, -0.2) is 8.42 Å². The molecule has 0 heterocycles. The highest BCUT2D eigenvalue weighted by atomic mass is 32.2. The van der Waals surface area contributed by atoms with Crippen LogP contribution in [0.4, 0.5) is 5.69 Å². The predicted octanol–water partition coefficient (Wildman–Crippen LogP) is 1.68. The first-order valence-corrected chi connectivity index (χ1v) is 6.36. The average Bonchev–Trinajstić information content (AvgIpc) is 2.11. The Morgan fingerprint density at radius 3 is 2.27 bits per heavy atom. The van der Waals surface area contributed by atoms with Gasteiger partial charge in [-0.05, 0) is 37.1 Å². The lowest BCUT2D eigenvalue weighted by atomic mass is 10.1. The zero-order chi connectivity index (χ0) is 11.6. The molecule has 1 N–H and O–H groups in total. The second-order valence-corrected chi connectivity index (χ2v) is 5.19. The van der Waals surface area contributed by atoms with Gasteiger partial charge in [-0.2, -0.15) is 0 Å². The van der Waals surface area contributed by atoms with Gasteiger partial charge in [0, 0.05) is 0 Å². The van der Waals surface area contributed by atoms with Crippen molar-refractivity contribution in [3.8, 4) is 5.75 Å². The molecule has 0 saturated heterocycles. The van der Waals surface area contributed by atoms with Crippen LogP contribution in [0.2, 0.25) is 0 Å². The van der Waals surface area contributed by atoms with Crippen molar-refractivity contribution in [2.45, 2.75) is 13.8 Å². The molecule has 5 heteroatoms. The van der Waals surface area contributed by atoms with Crippen LogP contribution in [0.15, 0.2) is 12.1 Å². The van der Waals surface area contributed by atoms with E-state index in [9.17, 15) is 8.42 Å². The number of sulfonamides is 1. The van der Waals surface area contributed by atoms with E-state index < -0.39 is 10.0 Å². The van der Waals surface area contributed by atoms with Gasteiger partial charge in [0.2, 0.25) is 10.0 Å². The number of hydrogen-bond donors (Lipinski definition) is 1. The molecular weight excluding hydrogens is 214 g/mol. The number of benzene rings is 1. The second-order valence-electron chi connectivity index (χ2n) is 3.44. The van der Waals surface area contributed by atoms with Crippen molar-refractivity contribution in [2.24, 2.45) is 0 Å². The fourth-order valence-electron chi connectivity index (χ4n) is 1.33. The largest absolute Gasteiger partial charge is 0.496 e. The van der Waals surface area contributed by atoms with Crippen molar-refractivity contribution in [1.29, 1.82) is 0 Å². The molecule has 15 heavy (non-hydrogen) atoms. The second kappa shape index (κ2) is 4.10. The number of nitrogens with one attached hydrogen (secondary N) is 1. The molecule has 0 atom stereocenters. The lowest BCUT2D eigenvalue weighted by Gasteiger charge is -2.12. The summed E-state index contributed by atoms with van der Waals surface area (Å²) in [5.74, 6) is 0.756. The fraction of sp³-hybridized carbons (Fsp3) is 0.400. The van der Waals surface area contributed by atoms with Crippen LogP contribution in [-0.4, -0.2) is 21.8 Å². The van der Waals surface area contributed by atoms with E-state index in [1.54, 1.807) is 19.2 Å². The molecule has 84 valence electrons. The van der Waals surface area contributed by atoms with Crippen LogP contribution in [0.5, 0.6) is 5.75 Å². The van der Waals surface area contributed by atoms with Gasteiger partial charge in [-0.3, -0.25) is 4.72 Å². The van der Waals surface area contributed by atoms with Crippen molar-refractivity contribution in [1.82, 2.24) is 0 Å². The minimum atomic E-state index is -3.23. The minimum absolute atomic E-state index is 0.593. The van der Waals surface area contributed by atoms with Crippen LogP contribution in [0.3, 0.4) is 0 Å². The van der Waals surface area contributed by atoms with Crippen molar-refractivity contribution < 1.29 is 13.2 Å². The van der Waals surface area contributed by atoms with Crippen LogP contribution < -0.4 is 9.46 Å². The molecule has 1 aromatic rings. The van der Waals surface area contributed by atoms with Crippen molar-refractivity contribution in [2.75, 3.05) is 18.1 Å². The van der Waals surface area contributed by atoms with Crippen LogP contribution in [0.25, 0.3) is 0 Å². The van der Waals surface area contributed by atoms with Gasteiger partial charge in [0.15, 0.2) is 0 Å². The summed E-state index contributed by atoms with van der Waals surface area (Å²) < 4.78 is 29.7. The van der Waals surface area contributed by atoms with Crippen LogP contribution in [0.1, 0.15) is 11.1 Å². The van der Waals surface area contributed by atoms with E-state index in [1.165, 1.54) is 0 Å². The third-order valence-corrected chi connectivity index (χ3v) is 2.84. The van der Waals surface area contributed by atoms with Crippen molar-refractivity contribution >= 4 is 15.7 Å². The summed E-state index contributed by atoms with van der Waals surface area (Å²) >= 11 is 0. The van der Waals surface area contributed by atoms with E-state index >= 15 is 0 Å². The Morgan fingerprint density at radius 1 is 1.20 bits per heavy atom. The zero-order valence-electron chi connectivity index (χ0n) is 9.29. The summed E-state index contributed by atoms with van der Waals surface area (Å²) in [5, 5.41) is 0. The Morgan fingerprint density at radius 2 is 1.80 bits per heavy atom. The molecule has 4 nitrogen and oxygen atoms in total. The minimum Gasteiger partial charge on any atom is -0.496 e. The summed E-state index contributed by atoms with van der Waals surface area (Å²) in [5.41, 5.74) is 2.40. The summed E-state index contributed by atoms with van der Waals surface area (Å²) in [6.45, 7) is 3.74. The molecule has 0 amide bonds. The van der Waals surface area contributed by atoms with Crippen LogP contribution in [0, 0.1) is 13.8 Å². The Labute approximate surface area is 90.3 Å². The molecule has 0 saturated carbocycles. The highest BCUT2D eigenvalue weighted by molar-refractivity contribution is 7.92. The van der Waals surface area contributed by atoms with Gasteiger partial charge in [-0.1, -0.05) is 0 Å². The van der Waals surface area contributed by atoms with Crippen molar-refractivity contribution in [3.63, 3.8) is 0 Å². The standard InChI is InChI=1S/C10H15NO3S/c1-7-8(2)10(14-3)6-5-9(7)11-15(4,12)13/h5-6,11H,1-4H3. The number of ether oxygens (including phenoxy) is 1. The molecule has 0 aliphatic rings. The highest BCUT2D eigenvalue weighted by Crippen LogP contribution is 2.27. The average molecular weight is 229 g/mol. The van der Waals surface area contributed by atoms with Gasteiger partial charge in [0.25, 0.3) is 0 Å². The van der Waals surface area contributed by atoms with E-state index in [4.69, 9.17) is 4.74 Å². The third-order valence-electron chi connectivity index (χ3n) is 2.25. The quantitative estimate of drug-likeness (QED) is 0.858. The lowest BCUT2D eigenvalue weighted by Crippen LogP contribution is -2.11. The Balaban J connectivity index is 3.18. The SMILES string of the molecule is COc1ccc(NS(C)(=O)=O)c(C)c1C. The van der Waals surface area contributed by atoms with E-state index in [1.807, 2.05) is 13.8 Å². The zero-order valence-corrected chi connectivity index (χ0v) is 10.1. The summed E-state index contributed by atoms with van der Waals surface area (Å²) in [6.07, 6.45) is 1.13. The van der Waals surface area contributed by atoms with E-state index in [2.05, 4.69) is 4.72 Å². The molecule has 0 aromatic heterocycles. The molecule has 0 aliphatic carbocycles. The Bertz CT molecular complexity index is 466. The van der Waals surface area contributed by atoms with E-state index in [0.717, 1.165) is 23.1 Å². The number of anilines is 1. The maximum Gasteiger partial charge on any atom is 0.229 e. The third kappa shape index (κ3) is 2.86. The number of hydrogen-bond acceptors (Lipinski definition) is 3. The van der Waals surface area contributed by atoms with Gasteiger partial charge < -0.3 is 4.74 Å². The predicted molar refractivity (Wildman–Crippen MR) is 60.9 cm³/mol. The topological polar surface area (TPSA) is 55.4 Å². The Kier molecular flexibility index (Phi) is 3.24. The van der Waals surface area contributed by atoms with E-state index in [0.29, 0.717) is 5.69 Å². The van der Waals surface area contributed by atoms with Gasteiger partial charge >= 0.3 is 0 Å². The van der Waals surface area contributed by atoms with Crippen molar-refractivity contribution in [3.05, 3.63) is 23.3 Å². The molecule has 0 spiro atoms. The first-order valence-electron chi connectivity index (χ1n) is 4.47. The molecule has 1 rings (SSSR count). The summed E-state index contributed by atoms with van der Waals surface area (Å²) in [6, 6.07) is 3.44. The van der Waals surface area contributed by atoms with Gasteiger partial charge in [0.05, 0.1) is 19.1 Å². The van der Waals surface area contributed by atoms with Gasteiger partial charge in [0.1, 0.15) is 5.75 Å². The lowest BCUT2D eigenvalue weighted by molar-refractivity contribution is 0.411. The van der Waals surface area contributed by atoms with Gasteiger partial charge in [-0.15, -0.1) is 0 Å². The molecule has 0 fully saturated rings. The molecule has 0 unspecified atom stereocenters. The monoisotopic (exact) mass is 229 g/mol. The molecule has 0 radical (unpaired) electrons. The summed E-state index contributed by atoms with van der Waals surface area (Å²) in [4.78, 5) is 0. The van der Waals surface area contributed by atoms with Crippen LogP contribution >= 0.6 is 0 Å².